The fourth-order valence-electron chi connectivity index (χ4n) is 2.67. The molecule has 0 saturated carbocycles. The molecule has 5 nitrogen and oxygen atoms in total. The number of likely N-dealkylation sites (tertiary alicyclic amines) is 1. The predicted octanol–water partition coefficient (Wildman–Crippen LogP) is 1.43. The van der Waals surface area contributed by atoms with Gasteiger partial charge in [0.05, 0.1) is 6.20 Å². The van der Waals surface area contributed by atoms with Crippen molar-refractivity contribution < 1.29 is 9.53 Å². The van der Waals surface area contributed by atoms with E-state index < -0.39 is 6.10 Å². The topological polar surface area (TPSA) is 68.5 Å². The normalized spacial score (nSPS) is 24.2. The summed E-state index contributed by atoms with van der Waals surface area (Å²) in [6, 6.07) is 3.72. The average molecular weight is 277 g/mol. The lowest BCUT2D eigenvalue weighted by Gasteiger charge is -2.39. The van der Waals surface area contributed by atoms with Gasteiger partial charge in [0, 0.05) is 25.3 Å². The van der Waals surface area contributed by atoms with Crippen LogP contribution in [0.4, 0.5) is 0 Å². The summed E-state index contributed by atoms with van der Waals surface area (Å²) in [6.45, 7) is 5.26. The number of nitrogens with two attached hydrogens (primary N) is 1. The molecule has 1 aliphatic heterocycles. The molecule has 1 fully saturated rings. The summed E-state index contributed by atoms with van der Waals surface area (Å²) in [7, 11) is 0. The van der Waals surface area contributed by atoms with E-state index in [0.29, 0.717) is 18.2 Å². The van der Waals surface area contributed by atoms with Crippen LogP contribution in [0.3, 0.4) is 0 Å². The van der Waals surface area contributed by atoms with Gasteiger partial charge in [0.1, 0.15) is 5.75 Å². The summed E-state index contributed by atoms with van der Waals surface area (Å²) in [5.41, 5.74) is 5.80. The molecule has 1 amide bonds. The standard InChI is InChI=1S/C15H23N3O2/c1-11-5-7-18(13(8-11)9-16)15(19)12(2)20-14-4-3-6-17-10-14/h3-4,6,10-13H,5,7-9,16H2,1-2H3. The van der Waals surface area contributed by atoms with Crippen LogP contribution < -0.4 is 10.5 Å². The number of pyridine rings is 1. The van der Waals surface area contributed by atoms with Crippen molar-refractivity contribution in [1.82, 2.24) is 9.88 Å². The fraction of sp³-hybridized carbons (Fsp3) is 0.600. The van der Waals surface area contributed by atoms with E-state index in [4.69, 9.17) is 10.5 Å². The molecule has 3 atom stereocenters. The molecule has 1 saturated heterocycles. The zero-order valence-corrected chi connectivity index (χ0v) is 12.2. The Morgan fingerprint density at radius 3 is 3.10 bits per heavy atom. The van der Waals surface area contributed by atoms with Crippen molar-refractivity contribution in [2.75, 3.05) is 13.1 Å². The van der Waals surface area contributed by atoms with Gasteiger partial charge < -0.3 is 15.4 Å². The maximum atomic E-state index is 12.5. The summed E-state index contributed by atoms with van der Waals surface area (Å²) in [5.74, 6) is 1.25. The van der Waals surface area contributed by atoms with Gasteiger partial charge in [0.15, 0.2) is 6.10 Å². The Hall–Kier alpha value is -1.62. The molecule has 0 radical (unpaired) electrons. The predicted molar refractivity (Wildman–Crippen MR) is 77.3 cm³/mol. The minimum absolute atomic E-state index is 0.0104. The van der Waals surface area contributed by atoms with Crippen molar-refractivity contribution in [2.24, 2.45) is 11.7 Å². The molecule has 0 spiro atoms. The number of piperidine rings is 1. The zero-order chi connectivity index (χ0) is 14.5. The Labute approximate surface area is 120 Å². The van der Waals surface area contributed by atoms with Crippen molar-refractivity contribution in [3.63, 3.8) is 0 Å². The Morgan fingerprint density at radius 2 is 2.45 bits per heavy atom. The van der Waals surface area contributed by atoms with E-state index in [9.17, 15) is 4.79 Å². The van der Waals surface area contributed by atoms with E-state index in [1.54, 1.807) is 31.5 Å². The molecule has 0 aromatic carbocycles. The number of ether oxygens (including phenoxy) is 1. The van der Waals surface area contributed by atoms with Crippen LogP contribution in [0.25, 0.3) is 0 Å². The number of hydrogen-bond donors (Lipinski definition) is 1. The Balaban J connectivity index is 1.99. The number of carbonyl (C=O) groups excluding carboxylic acids is 1. The van der Waals surface area contributed by atoms with Crippen LogP contribution in [0.2, 0.25) is 0 Å². The number of nitrogens with zero attached hydrogens (tertiary/aromatic N) is 2. The molecular weight excluding hydrogens is 254 g/mol. The largest absolute Gasteiger partial charge is 0.479 e. The SMILES string of the molecule is CC1CCN(C(=O)C(C)Oc2cccnc2)C(CN)C1. The minimum Gasteiger partial charge on any atom is -0.479 e. The van der Waals surface area contributed by atoms with E-state index in [0.717, 1.165) is 19.4 Å². The van der Waals surface area contributed by atoms with E-state index in [2.05, 4.69) is 11.9 Å². The van der Waals surface area contributed by atoms with Crippen molar-refractivity contribution in [1.29, 1.82) is 0 Å². The molecule has 5 heteroatoms. The fourth-order valence-corrected chi connectivity index (χ4v) is 2.67. The van der Waals surface area contributed by atoms with Gasteiger partial charge in [-0.05, 0) is 37.8 Å². The van der Waals surface area contributed by atoms with Crippen LogP contribution in [0.5, 0.6) is 5.75 Å². The summed E-state index contributed by atoms with van der Waals surface area (Å²) < 4.78 is 5.65. The molecule has 3 unspecified atom stereocenters. The van der Waals surface area contributed by atoms with Crippen LogP contribution in [0.15, 0.2) is 24.5 Å². The van der Waals surface area contributed by atoms with Gasteiger partial charge in [-0.15, -0.1) is 0 Å². The number of carbonyl (C=O) groups is 1. The second kappa shape index (κ2) is 6.70. The Bertz CT molecular complexity index is 438. The number of hydrogen-bond acceptors (Lipinski definition) is 4. The Kier molecular flexibility index (Phi) is 4.95. The lowest BCUT2D eigenvalue weighted by molar-refractivity contribution is -0.142. The van der Waals surface area contributed by atoms with Gasteiger partial charge in [-0.25, -0.2) is 0 Å². The highest BCUT2D eigenvalue weighted by Crippen LogP contribution is 2.23. The molecule has 1 aromatic rings. The van der Waals surface area contributed by atoms with Gasteiger partial charge in [0.2, 0.25) is 0 Å². The molecule has 2 N–H and O–H groups in total. The smallest absolute Gasteiger partial charge is 0.263 e. The molecule has 20 heavy (non-hydrogen) atoms. The first-order valence-corrected chi connectivity index (χ1v) is 7.19. The maximum absolute atomic E-state index is 12.5. The summed E-state index contributed by atoms with van der Waals surface area (Å²) in [5, 5.41) is 0. The molecule has 110 valence electrons. The second-order valence-electron chi connectivity index (χ2n) is 5.50. The number of amides is 1. The van der Waals surface area contributed by atoms with Crippen molar-refractivity contribution in [3.8, 4) is 5.75 Å². The van der Waals surface area contributed by atoms with Crippen LogP contribution in [0.1, 0.15) is 26.7 Å². The van der Waals surface area contributed by atoms with Gasteiger partial charge in [-0.3, -0.25) is 9.78 Å². The highest BCUT2D eigenvalue weighted by Gasteiger charge is 2.32. The molecule has 2 rings (SSSR count). The average Bonchev–Trinajstić information content (AvgIpc) is 2.47. The first kappa shape index (κ1) is 14.8. The quantitative estimate of drug-likeness (QED) is 0.904. The van der Waals surface area contributed by atoms with Gasteiger partial charge in [0.25, 0.3) is 5.91 Å². The van der Waals surface area contributed by atoms with E-state index in [1.165, 1.54) is 0 Å². The van der Waals surface area contributed by atoms with Crippen molar-refractivity contribution in [3.05, 3.63) is 24.5 Å². The summed E-state index contributed by atoms with van der Waals surface area (Å²) in [6.07, 6.45) is 4.78. The third kappa shape index (κ3) is 3.48. The molecular formula is C15H23N3O2. The van der Waals surface area contributed by atoms with Crippen LogP contribution in [-0.4, -0.2) is 41.0 Å². The molecule has 2 heterocycles. The van der Waals surface area contributed by atoms with E-state index >= 15 is 0 Å². The van der Waals surface area contributed by atoms with Crippen LogP contribution >= 0.6 is 0 Å². The highest BCUT2D eigenvalue weighted by molar-refractivity contribution is 5.81. The zero-order valence-electron chi connectivity index (χ0n) is 12.2. The number of aromatic nitrogens is 1. The first-order valence-electron chi connectivity index (χ1n) is 7.19. The molecule has 0 bridgehead atoms. The molecule has 0 aliphatic carbocycles. The van der Waals surface area contributed by atoms with Crippen LogP contribution in [-0.2, 0) is 4.79 Å². The summed E-state index contributed by atoms with van der Waals surface area (Å²) >= 11 is 0. The second-order valence-corrected chi connectivity index (χ2v) is 5.50. The highest BCUT2D eigenvalue weighted by atomic mass is 16.5. The first-order chi connectivity index (χ1) is 9.61. The molecule has 1 aliphatic rings. The maximum Gasteiger partial charge on any atom is 0.263 e. The lowest BCUT2D eigenvalue weighted by atomic mass is 9.92. The minimum atomic E-state index is -0.512. The third-order valence-electron chi connectivity index (χ3n) is 3.83. The van der Waals surface area contributed by atoms with Gasteiger partial charge in [-0.2, -0.15) is 0 Å². The van der Waals surface area contributed by atoms with Crippen molar-refractivity contribution in [2.45, 2.75) is 38.8 Å². The third-order valence-corrected chi connectivity index (χ3v) is 3.83. The Morgan fingerprint density at radius 1 is 1.65 bits per heavy atom. The van der Waals surface area contributed by atoms with Gasteiger partial charge in [-0.1, -0.05) is 6.92 Å². The lowest BCUT2D eigenvalue weighted by Crippen LogP contribution is -2.52. The van der Waals surface area contributed by atoms with Crippen molar-refractivity contribution >= 4 is 5.91 Å². The summed E-state index contributed by atoms with van der Waals surface area (Å²) in [4.78, 5) is 18.4. The number of rotatable bonds is 4. The van der Waals surface area contributed by atoms with Crippen LogP contribution in [0, 0.1) is 5.92 Å². The van der Waals surface area contributed by atoms with E-state index in [-0.39, 0.29) is 11.9 Å². The van der Waals surface area contributed by atoms with Gasteiger partial charge >= 0.3 is 0 Å². The monoisotopic (exact) mass is 277 g/mol. The van der Waals surface area contributed by atoms with E-state index in [1.807, 2.05) is 4.90 Å². The molecule has 1 aromatic heterocycles.